The number of nitrogens with zero attached hydrogens (tertiary/aromatic N) is 1. The van der Waals surface area contributed by atoms with Gasteiger partial charge in [0.1, 0.15) is 18.2 Å². The van der Waals surface area contributed by atoms with Crippen molar-refractivity contribution < 1.29 is 41.7 Å². The lowest BCUT2D eigenvalue weighted by Crippen LogP contribution is -2.62. The molecule has 2 fully saturated rings. The van der Waals surface area contributed by atoms with E-state index in [0.29, 0.717) is 6.07 Å². The first-order chi connectivity index (χ1) is 18.6. The summed E-state index contributed by atoms with van der Waals surface area (Å²) in [7, 11) is 0. The molecule has 2 unspecified atom stereocenters. The summed E-state index contributed by atoms with van der Waals surface area (Å²) < 4.78 is 67.7. The van der Waals surface area contributed by atoms with Gasteiger partial charge in [-0.05, 0) is 34.4 Å². The van der Waals surface area contributed by atoms with Gasteiger partial charge in [0.2, 0.25) is 0 Å². The van der Waals surface area contributed by atoms with Gasteiger partial charge in [-0.3, -0.25) is 4.90 Å². The van der Waals surface area contributed by atoms with Crippen molar-refractivity contribution in [2.75, 3.05) is 19.8 Å². The molecule has 3 aromatic rings. The maximum absolute atomic E-state index is 14.9. The third-order valence-electron chi connectivity index (χ3n) is 7.78. The zero-order chi connectivity index (χ0) is 27.4. The maximum atomic E-state index is 14.9. The van der Waals surface area contributed by atoms with Crippen molar-refractivity contribution >= 4 is 6.09 Å². The molecule has 204 valence electrons. The first kappa shape index (κ1) is 25.6. The summed E-state index contributed by atoms with van der Waals surface area (Å²) in [6.07, 6.45) is -5.64. The van der Waals surface area contributed by atoms with Crippen LogP contribution in [0.1, 0.15) is 35.4 Å². The van der Waals surface area contributed by atoms with E-state index in [4.69, 9.17) is 9.47 Å². The van der Waals surface area contributed by atoms with Crippen LogP contribution in [0.2, 0.25) is 0 Å². The van der Waals surface area contributed by atoms with E-state index in [9.17, 15) is 27.5 Å². The molecule has 2 heterocycles. The second-order valence-corrected chi connectivity index (χ2v) is 10.2. The molecule has 0 aromatic heterocycles. The summed E-state index contributed by atoms with van der Waals surface area (Å²) in [5.41, 5.74) is 2.52. The minimum atomic E-state index is -4.96. The first-order valence-electron chi connectivity index (χ1n) is 12.6. The molecule has 2 aliphatic heterocycles. The Balaban J connectivity index is 1.18. The normalized spacial score (nSPS) is 24.2. The molecule has 1 aliphatic carbocycles. The van der Waals surface area contributed by atoms with Gasteiger partial charge in [0, 0.05) is 30.4 Å². The number of amides is 1. The quantitative estimate of drug-likeness (QED) is 0.426. The zero-order valence-electron chi connectivity index (χ0n) is 20.7. The van der Waals surface area contributed by atoms with Crippen LogP contribution in [0.5, 0.6) is 5.75 Å². The van der Waals surface area contributed by atoms with E-state index in [1.807, 2.05) is 48.5 Å². The number of alkyl halides is 3. The molecule has 39 heavy (non-hydrogen) atoms. The van der Waals surface area contributed by atoms with Crippen LogP contribution in [0, 0.1) is 5.82 Å². The lowest BCUT2D eigenvalue weighted by Gasteiger charge is -2.51. The Bertz CT molecular complexity index is 1350. The summed E-state index contributed by atoms with van der Waals surface area (Å²) in [4.78, 5) is 14.9. The highest BCUT2D eigenvalue weighted by atomic mass is 19.4. The molecule has 0 spiro atoms. The third kappa shape index (κ3) is 4.72. The molecule has 2 atom stereocenters. The van der Waals surface area contributed by atoms with Crippen molar-refractivity contribution in [1.29, 1.82) is 0 Å². The van der Waals surface area contributed by atoms with Crippen LogP contribution in [0.15, 0.2) is 66.7 Å². The number of halogens is 4. The van der Waals surface area contributed by atoms with Crippen molar-refractivity contribution in [1.82, 2.24) is 4.90 Å². The number of fused-ring (bicyclic) bond motifs is 5. The highest BCUT2D eigenvalue weighted by Crippen LogP contribution is 2.46. The van der Waals surface area contributed by atoms with E-state index in [1.165, 1.54) is 0 Å². The standard InChI is InChI=1S/C29H25F4NO5/c30-26-11-19(39-29(31,32)33)9-10-25(26)28(36)12-17-14-37-15-18(13-28)34(17)27(35)38-16-24-22-7-3-1-5-20(22)21-6-2-4-8-23(21)24/h1-11,17-18,24,36H,12-16H2. The van der Waals surface area contributed by atoms with Crippen LogP contribution in [0.25, 0.3) is 11.1 Å². The Labute approximate surface area is 221 Å². The molecule has 3 aromatic carbocycles. The van der Waals surface area contributed by atoms with Crippen LogP contribution in [-0.2, 0) is 15.1 Å². The number of ether oxygens (including phenoxy) is 3. The third-order valence-corrected chi connectivity index (χ3v) is 7.78. The summed E-state index contributed by atoms with van der Waals surface area (Å²) in [6, 6.07) is 17.4. The number of carbonyl (C=O) groups is 1. The van der Waals surface area contributed by atoms with Crippen LogP contribution in [0.4, 0.5) is 22.4 Å². The van der Waals surface area contributed by atoms with E-state index < -0.39 is 41.7 Å². The summed E-state index contributed by atoms with van der Waals surface area (Å²) in [5.74, 6) is -1.86. The maximum Gasteiger partial charge on any atom is 0.573 e. The van der Waals surface area contributed by atoms with Crippen LogP contribution < -0.4 is 4.74 Å². The molecule has 3 aliphatic rings. The minimum absolute atomic E-state index is 0.0654. The van der Waals surface area contributed by atoms with Gasteiger partial charge >= 0.3 is 12.5 Å². The van der Waals surface area contributed by atoms with Crippen LogP contribution >= 0.6 is 0 Å². The number of morpholine rings is 1. The van der Waals surface area contributed by atoms with E-state index in [2.05, 4.69) is 4.74 Å². The molecule has 0 saturated carbocycles. The summed E-state index contributed by atoms with van der Waals surface area (Å²) in [6.45, 7) is 0.350. The number of piperidine rings is 1. The summed E-state index contributed by atoms with van der Waals surface area (Å²) >= 11 is 0. The van der Waals surface area contributed by atoms with E-state index in [-0.39, 0.29) is 44.1 Å². The van der Waals surface area contributed by atoms with E-state index in [1.54, 1.807) is 4.90 Å². The second kappa shape index (κ2) is 9.53. The van der Waals surface area contributed by atoms with Crippen molar-refractivity contribution in [3.05, 3.63) is 89.2 Å². The molecule has 1 amide bonds. The Kier molecular flexibility index (Phi) is 6.27. The van der Waals surface area contributed by atoms with Crippen molar-refractivity contribution in [3.8, 4) is 16.9 Å². The molecule has 0 radical (unpaired) electrons. The predicted octanol–water partition coefficient (Wildman–Crippen LogP) is 5.72. The lowest BCUT2D eigenvalue weighted by molar-refractivity contribution is -0.274. The van der Waals surface area contributed by atoms with Crippen molar-refractivity contribution in [3.63, 3.8) is 0 Å². The average molecular weight is 544 g/mol. The van der Waals surface area contributed by atoms with Gasteiger partial charge in [-0.25, -0.2) is 9.18 Å². The molecule has 1 N–H and O–H groups in total. The Morgan fingerprint density at radius 1 is 0.974 bits per heavy atom. The van der Waals surface area contributed by atoms with Gasteiger partial charge in [0.15, 0.2) is 0 Å². The van der Waals surface area contributed by atoms with Gasteiger partial charge in [-0.2, -0.15) is 0 Å². The smallest absolute Gasteiger partial charge is 0.448 e. The monoisotopic (exact) mass is 543 g/mol. The fraction of sp³-hybridized carbons (Fsp3) is 0.345. The molecule has 10 heteroatoms. The van der Waals surface area contributed by atoms with Gasteiger partial charge in [0.05, 0.1) is 30.9 Å². The average Bonchev–Trinajstić information content (AvgIpc) is 3.19. The van der Waals surface area contributed by atoms with Gasteiger partial charge in [0.25, 0.3) is 0 Å². The van der Waals surface area contributed by atoms with E-state index >= 15 is 0 Å². The van der Waals surface area contributed by atoms with Gasteiger partial charge in [-0.15, -0.1) is 13.2 Å². The molecule has 2 saturated heterocycles. The number of carbonyl (C=O) groups excluding carboxylic acids is 1. The van der Waals surface area contributed by atoms with Crippen molar-refractivity contribution in [2.45, 2.75) is 42.8 Å². The van der Waals surface area contributed by atoms with Crippen LogP contribution in [0.3, 0.4) is 0 Å². The molecular weight excluding hydrogens is 518 g/mol. The van der Waals surface area contributed by atoms with E-state index in [0.717, 1.165) is 34.4 Å². The minimum Gasteiger partial charge on any atom is -0.448 e. The largest absolute Gasteiger partial charge is 0.573 e. The number of hydrogen-bond donors (Lipinski definition) is 1. The number of hydrogen-bond acceptors (Lipinski definition) is 5. The highest BCUT2D eigenvalue weighted by Gasteiger charge is 2.50. The number of aliphatic hydroxyl groups is 1. The molecular formula is C29H25F4NO5. The number of benzene rings is 3. The van der Waals surface area contributed by atoms with Crippen molar-refractivity contribution in [2.24, 2.45) is 0 Å². The molecule has 6 nitrogen and oxygen atoms in total. The first-order valence-corrected chi connectivity index (χ1v) is 12.6. The Morgan fingerprint density at radius 2 is 1.56 bits per heavy atom. The van der Waals surface area contributed by atoms with Gasteiger partial charge < -0.3 is 19.3 Å². The summed E-state index contributed by atoms with van der Waals surface area (Å²) in [5, 5.41) is 11.4. The molecule has 6 rings (SSSR count). The van der Waals surface area contributed by atoms with Gasteiger partial charge in [-0.1, -0.05) is 48.5 Å². The highest BCUT2D eigenvalue weighted by molar-refractivity contribution is 5.79. The fourth-order valence-corrected chi connectivity index (χ4v) is 6.23. The Hall–Kier alpha value is -3.63. The SMILES string of the molecule is O=C(OCC1c2ccccc2-c2ccccc21)N1C2COCC1CC(O)(c1ccc(OC(F)(F)F)cc1F)C2. The number of rotatable bonds is 4. The second-order valence-electron chi connectivity index (χ2n) is 10.2. The predicted molar refractivity (Wildman–Crippen MR) is 132 cm³/mol. The fourth-order valence-electron chi connectivity index (χ4n) is 6.23. The Morgan fingerprint density at radius 3 is 2.13 bits per heavy atom. The van der Waals surface area contributed by atoms with Crippen LogP contribution in [-0.4, -0.2) is 54.4 Å². The lowest BCUT2D eigenvalue weighted by atomic mass is 9.77. The molecule has 2 bridgehead atoms. The topological polar surface area (TPSA) is 68.2 Å². The zero-order valence-corrected chi connectivity index (χ0v) is 20.7.